The van der Waals surface area contributed by atoms with Crippen LogP contribution in [0.2, 0.25) is 0 Å². The van der Waals surface area contributed by atoms with E-state index in [1.807, 2.05) is 37.6 Å². The van der Waals surface area contributed by atoms with Gasteiger partial charge in [0.15, 0.2) is 0 Å². The van der Waals surface area contributed by atoms with E-state index in [1.165, 1.54) is 0 Å². The van der Waals surface area contributed by atoms with Crippen LogP contribution in [0.15, 0.2) is 41.6 Å². The molecular formula is C18H21N3O2. The molecule has 1 aromatic carbocycles. The molecule has 0 amide bonds. The van der Waals surface area contributed by atoms with Crippen molar-refractivity contribution in [2.45, 2.75) is 19.9 Å². The van der Waals surface area contributed by atoms with Gasteiger partial charge in [-0.2, -0.15) is 0 Å². The molecule has 0 aliphatic carbocycles. The van der Waals surface area contributed by atoms with E-state index in [9.17, 15) is 4.79 Å². The van der Waals surface area contributed by atoms with Crippen LogP contribution in [0.3, 0.4) is 0 Å². The Morgan fingerprint density at radius 3 is 2.74 bits per heavy atom. The zero-order valence-electron chi connectivity index (χ0n) is 13.9. The van der Waals surface area contributed by atoms with Gasteiger partial charge in [-0.1, -0.05) is 6.07 Å². The summed E-state index contributed by atoms with van der Waals surface area (Å²) in [4.78, 5) is 16.3. The minimum atomic E-state index is 0.0357. The van der Waals surface area contributed by atoms with Crippen molar-refractivity contribution < 1.29 is 4.74 Å². The van der Waals surface area contributed by atoms with Crippen molar-refractivity contribution in [2.24, 2.45) is 7.05 Å². The zero-order valence-corrected chi connectivity index (χ0v) is 13.9. The number of nitrogens with zero attached hydrogens (tertiary/aromatic N) is 3. The lowest BCUT2D eigenvalue weighted by molar-refractivity contribution is 0.163. The molecule has 5 heteroatoms. The van der Waals surface area contributed by atoms with E-state index >= 15 is 0 Å². The molecule has 2 aromatic heterocycles. The molecule has 0 bridgehead atoms. The van der Waals surface area contributed by atoms with E-state index in [0.717, 1.165) is 27.7 Å². The first-order valence-electron chi connectivity index (χ1n) is 7.64. The molecule has 0 fully saturated rings. The van der Waals surface area contributed by atoms with Gasteiger partial charge in [-0.25, -0.2) is 4.98 Å². The number of fused-ring (bicyclic) bond motifs is 1. The molecule has 0 spiro atoms. The second kappa shape index (κ2) is 6.01. The summed E-state index contributed by atoms with van der Waals surface area (Å²) in [7, 11) is 3.48. The fourth-order valence-corrected chi connectivity index (χ4v) is 2.91. The van der Waals surface area contributed by atoms with Crippen LogP contribution in [0.5, 0.6) is 0 Å². The quantitative estimate of drug-likeness (QED) is 0.744. The van der Waals surface area contributed by atoms with Crippen LogP contribution in [0.4, 0.5) is 0 Å². The first-order valence-corrected chi connectivity index (χ1v) is 7.64. The van der Waals surface area contributed by atoms with Gasteiger partial charge in [0.1, 0.15) is 0 Å². The van der Waals surface area contributed by atoms with Gasteiger partial charge in [-0.05, 0) is 43.2 Å². The molecule has 5 nitrogen and oxygen atoms in total. The van der Waals surface area contributed by atoms with Crippen LogP contribution < -0.4 is 5.56 Å². The maximum absolute atomic E-state index is 11.9. The van der Waals surface area contributed by atoms with Crippen molar-refractivity contribution in [3.63, 3.8) is 0 Å². The minimum absolute atomic E-state index is 0.0357. The Morgan fingerprint density at radius 1 is 1.26 bits per heavy atom. The number of hydrogen-bond donors (Lipinski definition) is 0. The molecule has 23 heavy (non-hydrogen) atoms. The maximum Gasteiger partial charge on any atom is 0.253 e. The van der Waals surface area contributed by atoms with Gasteiger partial charge in [0.2, 0.25) is 0 Å². The summed E-state index contributed by atoms with van der Waals surface area (Å²) in [5, 5.41) is 0. The van der Waals surface area contributed by atoms with Crippen molar-refractivity contribution in [3.05, 3.63) is 52.7 Å². The number of aryl methyl sites for hydroxylation is 2. The van der Waals surface area contributed by atoms with Gasteiger partial charge in [-0.15, -0.1) is 0 Å². The third kappa shape index (κ3) is 2.80. The molecule has 0 aliphatic heterocycles. The normalized spacial score (nSPS) is 12.7. The van der Waals surface area contributed by atoms with Crippen molar-refractivity contribution >= 4 is 11.0 Å². The molecule has 0 aliphatic rings. The number of benzene rings is 1. The number of ether oxygens (including phenoxy) is 1. The molecule has 3 aromatic rings. The van der Waals surface area contributed by atoms with Crippen LogP contribution in [-0.2, 0) is 11.8 Å². The predicted octanol–water partition coefficient (Wildman–Crippen LogP) is 2.92. The largest absolute Gasteiger partial charge is 0.383 e. The van der Waals surface area contributed by atoms with Crippen LogP contribution in [0.25, 0.3) is 22.2 Å². The summed E-state index contributed by atoms with van der Waals surface area (Å²) in [5.74, 6) is 0. The number of rotatable bonds is 4. The van der Waals surface area contributed by atoms with Crippen LogP contribution >= 0.6 is 0 Å². The smallest absolute Gasteiger partial charge is 0.253 e. The maximum atomic E-state index is 11.9. The van der Waals surface area contributed by atoms with Crippen molar-refractivity contribution in [1.82, 2.24) is 14.1 Å². The second-order valence-corrected chi connectivity index (χ2v) is 5.99. The van der Waals surface area contributed by atoms with Crippen LogP contribution in [-0.4, -0.2) is 27.8 Å². The Bertz CT molecular complexity index is 882. The Labute approximate surface area is 135 Å². The molecule has 1 atom stereocenters. The van der Waals surface area contributed by atoms with Crippen LogP contribution in [0.1, 0.15) is 18.5 Å². The molecule has 0 saturated carbocycles. The molecule has 3 rings (SSSR count). The van der Waals surface area contributed by atoms with Gasteiger partial charge < -0.3 is 13.9 Å². The summed E-state index contributed by atoms with van der Waals surface area (Å²) < 4.78 is 9.00. The van der Waals surface area contributed by atoms with E-state index in [-0.39, 0.29) is 11.6 Å². The fraction of sp³-hybridized carbons (Fsp3) is 0.333. The summed E-state index contributed by atoms with van der Waals surface area (Å²) in [5.41, 5.74) is 4.90. The van der Waals surface area contributed by atoms with E-state index in [0.29, 0.717) is 6.61 Å². The van der Waals surface area contributed by atoms with E-state index in [2.05, 4.69) is 22.5 Å². The Hall–Kier alpha value is -2.40. The first-order chi connectivity index (χ1) is 11.0. The SMILES string of the molecule is COC[C@@H](C)n1cnc2ccc(-c3cc(C)c(=O)n(C)c3)cc21. The van der Waals surface area contributed by atoms with Crippen molar-refractivity contribution in [1.29, 1.82) is 0 Å². The van der Waals surface area contributed by atoms with Crippen molar-refractivity contribution in [2.75, 3.05) is 13.7 Å². The topological polar surface area (TPSA) is 49.1 Å². The zero-order chi connectivity index (χ0) is 16.6. The highest BCUT2D eigenvalue weighted by molar-refractivity contribution is 5.82. The van der Waals surface area contributed by atoms with Crippen LogP contribution in [0, 0.1) is 6.92 Å². The molecule has 2 heterocycles. The number of methoxy groups -OCH3 is 1. The summed E-state index contributed by atoms with van der Waals surface area (Å²) in [6, 6.07) is 8.32. The highest BCUT2D eigenvalue weighted by Gasteiger charge is 2.11. The third-order valence-electron chi connectivity index (χ3n) is 4.15. The molecular weight excluding hydrogens is 290 g/mol. The van der Waals surface area contributed by atoms with Gasteiger partial charge >= 0.3 is 0 Å². The summed E-state index contributed by atoms with van der Waals surface area (Å²) >= 11 is 0. The molecule has 120 valence electrons. The minimum Gasteiger partial charge on any atom is -0.383 e. The number of pyridine rings is 1. The fourth-order valence-electron chi connectivity index (χ4n) is 2.91. The summed E-state index contributed by atoms with van der Waals surface area (Å²) in [6.45, 7) is 4.58. The lowest BCUT2D eigenvalue weighted by Crippen LogP contribution is -2.18. The monoisotopic (exact) mass is 311 g/mol. The van der Waals surface area contributed by atoms with Gasteiger partial charge in [-0.3, -0.25) is 4.79 Å². The first kappa shape index (κ1) is 15.5. The Kier molecular flexibility index (Phi) is 4.05. The van der Waals surface area contributed by atoms with E-state index in [1.54, 1.807) is 18.7 Å². The van der Waals surface area contributed by atoms with E-state index < -0.39 is 0 Å². The average Bonchev–Trinajstić information content (AvgIpc) is 2.95. The lowest BCUT2D eigenvalue weighted by Gasteiger charge is -2.14. The van der Waals surface area contributed by atoms with Crippen molar-refractivity contribution in [3.8, 4) is 11.1 Å². The van der Waals surface area contributed by atoms with Gasteiger partial charge in [0, 0.05) is 25.9 Å². The van der Waals surface area contributed by atoms with Gasteiger partial charge in [0.05, 0.1) is 30.0 Å². The summed E-state index contributed by atoms with van der Waals surface area (Å²) in [6.07, 6.45) is 3.72. The molecule has 0 N–H and O–H groups in total. The second-order valence-electron chi connectivity index (χ2n) is 5.99. The van der Waals surface area contributed by atoms with E-state index in [4.69, 9.17) is 4.74 Å². The highest BCUT2D eigenvalue weighted by Crippen LogP contribution is 2.25. The molecule has 0 unspecified atom stereocenters. The average molecular weight is 311 g/mol. The number of aromatic nitrogens is 3. The lowest BCUT2D eigenvalue weighted by atomic mass is 10.1. The number of imidazole rings is 1. The Morgan fingerprint density at radius 2 is 2.04 bits per heavy atom. The number of hydrogen-bond acceptors (Lipinski definition) is 3. The van der Waals surface area contributed by atoms with Gasteiger partial charge in [0.25, 0.3) is 5.56 Å². The third-order valence-corrected chi connectivity index (χ3v) is 4.15. The Balaban J connectivity index is 2.12. The highest BCUT2D eigenvalue weighted by atomic mass is 16.5. The predicted molar refractivity (Wildman–Crippen MR) is 91.7 cm³/mol. The molecule has 0 radical (unpaired) electrons. The standard InChI is InChI=1S/C18H21N3O2/c1-12-7-15(9-20(3)18(12)22)14-5-6-16-17(8-14)21(11-19-16)13(2)10-23-4/h5-9,11,13H,10H2,1-4H3/t13-/m1/s1. The molecule has 0 saturated heterocycles.